The number of carbonyl (C=O) groups excluding carboxylic acids is 1. The summed E-state index contributed by atoms with van der Waals surface area (Å²) in [5, 5.41) is 0.531. The summed E-state index contributed by atoms with van der Waals surface area (Å²) < 4.78 is 11.2. The predicted molar refractivity (Wildman–Crippen MR) is 61.2 cm³/mol. The molecule has 0 fully saturated rings. The highest BCUT2D eigenvalue weighted by molar-refractivity contribution is 6.32. The van der Waals surface area contributed by atoms with Crippen LogP contribution in [0.25, 0.3) is 0 Å². The van der Waals surface area contributed by atoms with Crippen molar-refractivity contribution in [3.63, 3.8) is 0 Å². The maximum atomic E-state index is 10.3. The van der Waals surface area contributed by atoms with Crippen molar-refractivity contribution in [3.8, 4) is 11.5 Å². The molecule has 3 nitrogen and oxygen atoms in total. The summed E-state index contributed by atoms with van der Waals surface area (Å²) in [5.41, 5.74) is 0.983. The van der Waals surface area contributed by atoms with Crippen LogP contribution in [0.5, 0.6) is 11.5 Å². The standard InChI is InChI=1S/C12H13ClO3/c1-12(2)15-10-7-8(4-3-5-14)6-9(13)11(10)16-12/h5-7H,3-4H2,1-2H3. The monoisotopic (exact) mass is 240 g/mol. The average molecular weight is 241 g/mol. The number of benzene rings is 1. The summed E-state index contributed by atoms with van der Waals surface area (Å²) in [6, 6.07) is 3.69. The van der Waals surface area contributed by atoms with Crippen LogP contribution in [0.15, 0.2) is 12.1 Å². The van der Waals surface area contributed by atoms with Crippen molar-refractivity contribution < 1.29 is 14.3 Å². The Kier molecular flexibility index (Phi) is 2.80. The lowest BCUT2D eigenvalue weighted by Crippen LogP contribution is -2.29. The first-order chi connectivity index (χ1) is 7.52. The minimum Gasteiger partial charge on any atom is -0.449 e. The topological polar surface area (TPSA) is 35.5 Å². The Morgan fingerprint density at radius 2 is 2.12 bits per heavy atom. The molecule has 0 N–H and O–H groups in total. The third kappa shape index (κ3) is 2.14. The van der Waals surface area contributed by atoms with Crippen molar-refractivity contribution in [1.29, 1.82) is 0 Å². The molecule has 1 heterocycles. The van der Waals surface area contributed by atoms with Crippen molar-refractivity contribution >= 4 is 17.9 Å². The van der Waals surface area contributed by atoms with Crippen LogP contribution in [-0.2, 0) is 11.2 Å². The van der Waals surface area contributed by atoms with Crippen LogP contribution in [0.1, 0.15) is 25.8 Å². The number of aldehydes is 1. The molecular weight excluding hydrogens is 228 g/mol. The molecule has 16 heavy (non-hydrogen) atoms. The number of aryl methyl sites for hydroxylation is 1. The van der Waals surface area contributed by atoms with E-state index in [4.69, 9.17) is 21.1 Å². The maximum absolute atomic E-state index is 10.3. The van der Waals surface area contributed by atoms with Gasteiger partial charge in [0.05, 0.1) is 5.02 Å². The zero-order chi connectivity index (χ0) is 11.8. The molecule has 1 aromatic rings. The van der Waals surface area contributed by atoms with E-state index >= 15 is 0 Å². The SMILES string of the molecule is CC1(C)Oc2cc(CCC=O)cc(Cl)c2O1. The second-order valence-electron chi connectivity index (χ2n) is 4.21. The van der Waals surface area contributed by atoms with E-state index < -0.39 is 5.79 Å². The van der Waals surface area contributed by atoms with Crippen LogP contribution >= 0.6 is 11.6 Å². The zero-order valence-corrected chi connectivity index (χ0v) is 10.0. The fraction of sp³-hybridized carbons (Fsp3) is 0.417. The minimum atomic E-state index is -0.671. The van der Waals surface area contributed by atoms with Crippen molar-refractivity contribution in [2.45, 2.75) is 32.5 Å². The highest BCUT2D eigenvalue weighted by atomic mass is 35.5. The molecule has 2 rings (SSSR count). The lowest BCUT2D eigenvalue weighted by Gasteiger charge is -2.16. The fourth-order valence-corrected chi connectivity index (χ4v) is 1.97. The summed E-state index contributed by atoms with van der Waals surface area (Å²) in [7, 11) is 0. The van der Waals surface area contributed by atoms with Crippen molar-refractivity contribution in [1.82, 2.24) is 0 Å². The van der Waals surface area contributed by atoms with Gasteiger partial charge < -0.3 is 14.3 Å². The average Bonchev–Trinajstić information content (AvgIpc) is 2.50. The van der Waals surface area contributed by atoms with E-state index in [0.29, 0.717) is 29.4 Å². The van der Waals surface area contributed by atoms with Gasteiger partial charge in [-0.25, -0.2) is 0 Å². The van der Waals surface area contributed by atoms with Crippen LogP contribution in [-0.4, -0.2) is 12.1 Å². The number of ether oxygens (including phenoxy) is 2. The van der Waals surface area contributed by atoms with Crippen LogP contribution < -0.4 is 9.47 Å². The Bertz CT molecular complexity index is 427. The molecule has 0 amide bonds. The van der Waals surface area contributed by atoms with E-state index in [9.17, 15) is 4.79 Å². The van der Waals surface area contributed by atoms with Crippen LogP contribution in [0.4, 0.5) is 0 Å². The number of halogens is 1. The first-order valence-electron chi connectivity index (χ1n) is 5.16. The molecule has 1 aliphatic rings. The molecule has 0 bridgehead atoms. The predicted octanol–water partition coefficient (Wildman–Crippen LogP) is 2.98. The lowest BCUT2D eigenvalue weighted by molar-refractivity contribution is -0.107. The van der Waals surface area contributed by atoms with Gasteiger partial charge >= 0.3 is 0 Å². The van der Waals surface area contributed by atoms with Gasteiger partial charge in [-0.1, -0.05) is 11.6 Å². The van der Waals surface area contributed by atoms with Crippen molar-refractivity contribution in [2.24, 2.45) is 0 Å². The summed E-state index contributed by atoms with van der Waals surface area (Å²) in [4.78, 5) is 10.3. The highest BCUT2D eigenvalue weighted by Crippen LogP contribution is 2.45. The normalized spacial score (nSPS) is 16.2. The summed E-state index contributed by atoms with van der Waals surface area (Å²) in [5.74, 6) is 0.565. The molecule has 4 heteroatoms. The lowest BCUT2D eigenvalue weighted by atomic mass is 10.1. The highest BCUT2D eigenvalue weighted by Gasteiger charge is 2.33. The number of carbonyl (C=O) groups is 1. The number of hydrogen-bond acceptors (Lipinski definition) is 3. The van der Waals surface area contributed by atoms with E-state index in [-0.39, 0.29) is 0 Å². The zero-order valence-electron chi connectivity index (χ0n) is 9.25. The summed E-state index contributed by atoms with van der Waals surface area (Å²) in [6.45, 7) is 3.66. The molecule has 0 aliphatic carbocycles. The van der Waals surface area contributed by atoms with E-state index in [1.165, 1.54) is 0 Å². The Morgan fingerprint density at radius 1 is 1.38 bits per heavy atom. The maximum Gasteiger partial charge on any atom is 0.246 e. The minimum absolute atomic E-state index is 0.485. The first kappa shape index (κ1) is 11.3. The first-order valence-corrected chi connectivity index (χ1v) is 5.54. The van der Waals surface area contributed by atoms with Gasteiger partial charge in [0.25, 0.3) is 0 Å². The van der Waals surface area contributed by atoms with Gasteiger partial charge in [-0.2, -0.15) is 0 Å². The largest absolute Gasteiger partial charge is 0.449 e. The van der Waals surface area contributed by atoms with Gasteiger partial charge in [0.1, 0.15) is 6.29 Å². The van der Waals surface area contributed by atoms with Gasteiger partial charge in [0.2, 0.25) is 5.79 Å². The molecule has 0 saturated heterocycles. The molecule has 1 aromatic carbocycles. The van der Waals surface area contributed by atoms with Crippen LogP contribution in [0.3, 0.4) is 0 Å². The Hall–Kier alpha value is -1.22. The van der Waals surface area contributed by atoms with Crippen molar-refractivity contribution in [3.05, 3.63) is 22.7 Å². The molecule has 0 atom stereocenters. The Balaban J connectivity index is 2.30. The number of rotatable bonds is 3. The molecule has 1 aliphatic heterocycles. The molecule has 0 spiro atoms. The number of fused-ring (bicyclic) bond motifs is 1. The molecular formula is C12H13ClO3. The quantitative estimate of drug-likeness (QED) is 0.762. The van der Waals surface area contributed by atoms with Gasteiger partial charge in [0.15, 0.2) is 11.5 Å². The smallest absolute Gasteiger partial charge is 0.246 e. The molecule has 0 radical (unpaired) electrons. The Morgan fingerprint density at radius 3 is 2.81 bits per heavy atom. The van der Waals surface area contributed by atoms with Gasteiger partial charge in [0, 0.05) is 20.3 Å². The number of hydrogen-bond donors (Lipinski definition) is 0. The molecule has 0 unspecified atom stereocenters. The van der Waals surface area contributed by atoms with E-state index in [1.807, 2.05) is 26.0 Å². The van der Waals surface area contributed by atoms with Crippen LogP contribution in [0.2, 0.25) is 5.02 Å². The van der Waals surface area contributed by atoms with Gasteiger partial charge in [-0.3, -0.25) is 0 Å². The summed E-state index contributed by atoms with van der Waals surface area (Å²) in [6.07, 6.45) is 2.04. The van der Waals surface area contributed by atoms with E-state index in [2.05, 4.69) is 0 Å². The van der Waals surface area contributed by atoms with Gasteiger partial charge in [-0.05, 0) is 24.1 Å². The summed E-state index contributed by atoms with van der Waals surface area (Å²) >= 11 is 6.09. The molecule has 0 aromatic heterocycles. The van der Waals surface area contributed by atoms with E-state index in [0.717, 1.165) is 11.8 Å². The Labute approximate surface area is 99.3 Å². The van der Waals surface area contributed by atoms with Gasteiger partial charge in [-0.15, -0.1) is 0 Å². The third-order valence-electron chi connectivity index (χ3n) is 2.32. The fourth-order valence-electron chi connectivity index (χ4n) is 1.70. The van der Waals surface area contributed by atoms with Crippen molar-refractivity contribution in [2.75, 3.05) is 0 Å². The second-order valence-corrected chi connectivity index (χ2v) is 4.62. The molecule has 86 valence electrons. The second kappa shape index (κ2) is 3.98. The van der Waals surface area contributed by atoms with E-state index in [1.54, 1.807) is 0 Å². The molecule has 0 saturated carbocycles. The third-order valence-corrected chi connectivity index (χ3v) is 2.60. The van der Waals surface area contributed by atoms with Crippen LogP contribution in [0, 0.1) is 0 Å².